The molecule has 26 heavy (non-hydrogen) atoms. The molecule has 0 bridgehead atoms. The predicted molar refractivity (Wildman–Crippen MR) is 103 cm³/mol. The van der Waals surface area contributed by atoms with Crippen LogP contribution in [0.25, 0.3) is 11.3 Å². The number of rotatable bonds is 4. The smallest absolute Gasteiger partial charge is 0.123 e. The van der Waals surface area contributed by atoms with Gasteiger partial charge < -0.3 is 10.7 Å². The van der Waals surface area contributed by atoms with E-state index in [9.17, 15) is 4.39 Å². The highest BCUT2D eigenvalue weighted by Crippen LogP contribution is 2.46. The van der Waals surface area contributed by atoms with Gasteiger partial charge in [-0.3, -0.25) is 0 Å². The molecule has 0 unspecified atom stereocenters. The molecular formula is C22H30FN3. The van der Waals surface area contributed by atoms with Gasteiger partial charge in [0.25, 0.3) is 0 Å². The molecule has 1 atom stereocenters. The molecule has 2 fully saturated rings. The summed E-state index contributed by atoms with van der Waals surface area (Å²) in [5.74, 6) is 1.69. The molecule has 4 rings (SSSR count). The number of aromatic nitrogens is 2. The van der Waals surface area contributed by atoms with Gasteiger partial charge in [-0.1, -0.05) is 50.7 Å². The molecule has 0 spiro atoms. The average molecular weight is 356 g/mol. The second-order valence-corrected chi connectivity index (χ2v) is 8.36. The number of nitrogens with two attached hydrogens (primary N) is 1. The maximum absolute atomic E-state index is 13.6. The first-order valence-electron chi connectivity index (χ1n) is 10.3. The van der Waals surface area contributed by atoms with Gasteiger partial charge >= 0.3 is 0 Å². The van der Waals surface area contributed by atoms with Crippen molar-refractivity contribution in [1.82, 2.24) is 9.97 Å². The SMILES string of the molecule is NC1([C@@H](c2ncc(-c3cccc(F)c3)[nH]2)C2CCCCC2)CCCCC1. The molecule has 3 nitrogen and oxygen atoms in total. The van der Waals surface area contributed by atoms with E-state index in [0.29, 0.717) is 5.92 Å². The number of benzene rings is 1. The van der Waals surface area contributed by atoms with Crippen LogP contribution in [0.15, 0.2) is 30.5 Å². The van der Waals surface area contributed by atoms with Crippen molar-refractivity contribution in [3.05, 3.63) is 42.1 Å². The standard InChI is InChI=1S/C22H30FN3/c23-18-11-7-10-17(14-18)19-15-25-21(26-19)20(16-8-3-1-4-9-16)22(24)12-5-2-6-13-22/h7,10-11,14-16,20H,1-6,8-9,12-13,24H2,(H,25,26)/t20-/m1/s1. The molecule has 0 saturated heterocycles. The van der Waals surface area contributed by atoms with Crippen LogP contribution < -0.4 is 5.73 Å². The minimum Gasteiger partial charge on any atom is -0.342 e. The van der Waals surface area contributed by atoms with Gasteiger partial charge in [-0.2, -0.15) is 0 Å². The topological polar surface area (TPSA) is 54.7 Å². The number of H-pyrrole nitrogens is 1. The molecule has 1 aromatic carbocycles. The summed E-state index contributed by atoms with van der Waals surface area (Å²) in [6.07, 6.45) is 14.2. The number of nitrogens with zero attached hydrogens (tertiary/aromatic N) is 1. The van der Waals surface area contributed by atoms with Gasteiger partial charge in [0, 0.05) is 17.0 Å². The van der Waals surface area contributed by atoms with Crippen molar-refractivity contribution in [2.45, 2.75) is 75.7 Å². The summed E-state index contributed by atoms with van der Waals surface area (Å²) in [5, 5.41) is 0. The summed E-state index contributed by atoms with van der Waals surface area (Å²) in [5.41, 5.74) is 8.60. The van der Waals surface area contributed by atoms with Crippen molar-refractivity contribution < 1.29 is 4.39 Å². The molecule has 1 aromatic heterocycles. The Bertz CT molecular complexity index is 726. The van der Waals surface area contributed by atoms with Crippen molar-refractivity contribution in [3.63, 3.8) is 0 Å². The van der Waals surface area contributed by atoms with Gasteiger partial charge in [-0.05, 0) is 43.7 Å². The maximum Gasteiger partial charge on any atom is 0.123 e. The third kappa shape index (κ3) is 3.57. The number of aromatic amines is 1. The summed E-state index contributed by atoms with van der Waals surface area (Å²) < 4.78 is 13.6. The molecule has 140 valence electrons. The number of hydrogen-bond acceptors (Lipinski definition) is 2. The molecule has 0 amide bonds. The number of imidazole rings is 1. The highest BCUT2D eigenvalue weighted by molar-refractivity contribution is 5.58. The van der Waals surface area contributed by atoms with Crippen LogP contribution in [0, 0.1) is 11.7 Å². The molecule has 0 radical (unpaired) electrons. The first kappa shape index (κ1) is 17.7. The van der Waals surface area contributed by atoms with Crippen molar-refractivity contribution in [2.24, 2.45) is 11.7 Å². The molecule has 3 N–H and O–H groups in total. The second kappa shape index (κ2) is 7.51. The zero-order chi connectivity index (χ0) is 18.0. The quantitative estimate of drug-likeness (QED) is 0.756. The van der Waals surface area contributed by atoms with Gasteiger partial charge in [-0.25, -0.2) is 9.37 Å². The minimum atomic E-state index is -0.218. The van der Waals surface area contributed by atoms with Crippen molar-refractivity contribution in [2.75, 3.05) is 0 Å². The highest BCUT2D eigenvalue weighted by atomic mass is 19.1. The van der Waals surface area contributed by atoms with E-state index in [1.54, 1.807) is 12.1 Å². The van der Waals surface area contributed by atoms with E-state index in [2.05, 4.69) is 4.98 Å². The fourth-order valence-electron chi connectivity index (χ4n) is 5.25. The van der Waals surface area contributed by atoms with Crippen LogP contribution in [0.1, 0.15) is 76.0 Å². The van der Waals surface area contributed by atoms with Crippen molar-refractivity contribution >= 4 is 0 Å². The Balaban J connectivity index is 1.67. The fourth-order valence-corrected chi connectivity index (χ4v) is 5.25. The Morgan fingerprint density at radius 3 is 2.54 bits per heavy atom. The predicted octanol–water partition coefficient (Wildman–Crippen LogP) is 5.54. The first-order valence-corrected chi connectivity index (χ1v) is 10.3. The first-order chi connectivity index (χ1) is 12.7. The van der Waals surface area contributed by atoms with Gasteiger partial charge in [0.05, 0.1) is 11.9 Å². The van der Waals surface area contributed by atoms with Gasteiger partial charge in [-0.15, -0.1) is 0 Å². The van der Waals surface area contributed by atoms with E-state index in [-0.39, 0.29) is 17.3 Å². The van der Waals surface area contributed by atoms with Crippen molar-refractivity contribution in [1.29, 1.82) is 0 Å². The monoisotopic (exact) mass is 355 g/mol. The Morgan fingerprint density at radius 1 is 1.08 bits per heavy atom. The van der Waals surface area contributed by atoms with E-state index in [4.69, 9.17) is 10.7 Å². The summed E-state index contributed by atoms with van der Waals surface area (Å²) in [6, 6.07) is 6.71. The third-order valence-corrected chi connectivity index (χ3v) is 6.55. The molecule has 1 heterocycles. The maximum atomic E-state index is 13.6. The number of halogens is 1. The lowest BCUT2D eigenvalue weighted by atomic mass is 9.65. The Labute approximate surface area is 155 Å². The molecule has 2 aromatic rings. The third-order valence-electron chi connectivity index (χ3n) is 6.55. The lowest BCUT2D eigenvalue weighted by Gasteiger charge is -2.44. The van der Waals surface area contributed by atoms with Gasteiger partial charge in [0.15, 0.2) is 0 Å². The lowest BCUT2D eigenvalue weighted by molar-refractivity contribution is 0.162. The Kier molecular flexibility index (Phi) is 5.12. The normalized spacial score (nSPS) is 22.2. The van der Waals surface area contributed by atoms with E-state index in [0.717, 1.165) is 29.9 Å². The second-order valence-electron chi connectivity index (χ2n) is 8.36. The van der Waals surface area contributed by atoms with E-state index in [1.807, 2.05) is 12.3 Å². The van der Waals surface area contributed by atoms with Crippen LogP contribution >= 0.6 is 0 Å². The highest BCUT2D eigenvalue weighted by Gasteiger charge is 2.43. The van der Waals surface area contributed by atoms with Crippen LogP contribution in [0.2, 0.25) is 0 Å². The molecule has 4 heteroatoms. The fraction of sp³-hybridized carbons (Fsp3) is 0.591. The Morgan fingerprint density at radius 2 is 1.81 bits per heavy atom. The number of nitrogens with one attached hydrogen (secondary N) is 1. The largest absolute Gasteiger partial charge is 0.342 e. The molecular weight excluding hydrogens is 325 g/mol. The summed E-state index contributed by atoms with van der Waals surface area (Å²) in [7, 11) is 0. The molecule has 2 saturated carbocycles. The number of hydrogen-bond donors (Lipinski definition) is 2. The van der Waals surface area contributed by atoms with Crippen LogP contribution in [-0.4, -0.2) is 15.5 Å². The van der Waals surface area contributed by atoms with Gasteiger partial charge in [0.1, 0.15) is 11.6 Å². The van der Waals surface area contributed by atoms with E-state index < -0.39 is 0 Å². The van der Waals surface area contributed by atoms with Crippen LogP contribution in [0.5, 0.6) is 0 Å². The van der Waals surface area contributed by atoms with Crippen LogP contribution in [0.3, 0.4) is 0 Å². The lowest BCUT2D eigenvalue weighted by Crippen LogP contribution is -2.50. The van der Waals surface area contributed by atoms with E-state index >= 15 is 0 Å². The van der Waals surface area contributed by atoms with E-state index in [1.165, 1.54) is 57.4 Å². The van der Waals surface area contributed by atoms with Crippen LogP contribution in [-0.2, 0) is 0 Å². The zero-order valence-corrected chi connectivity index (χ0v) is 15.5. The summed E-state index contributed by atoms with van der Waals surface area (Å²) in [4.78, 5) is 8.28. The van der Waals surface area contributed by atoms with Crippen LogP contribution in [0.4, 0.5) is 4.39 Å². The van der Waals surface area contributed by atoms with Crippen molar-refractivity contribution in [3.8, 4) is 11.3 Å². The zero-order valence-electron chi connectivity index (χ0n) is 15.5. The summed E-state index contributed by atoms with van der Waals surface area (Å²) in [6.45, 7) is 0. The molecule has 2 aliphatic rings. The molecule has 2 aliphatic carbocycles. The Hall–Kier alpha value is -1.68. The average Bonchev–Trinajstić information content (AvgIpc) is 3.13. The van der Waals surface area contributed by atoms with Gasteiger partial charge in [0.2, 0.25) is 0 Å². The minimum absolute atomic E-state index is 0.155. The summed E-state index contributed by atoms with van der Waals surface area (Å²) >= 11 is 0. The molecule has 0 aliphatic heterocycles.